The van der Waals surface area contributed by atoms with Gasteiger partial charge in [-0.05, 0) is 35.4 Å². The van der Waals surface area contributed by atoms with Crippen LogP contribution in [0.3, 0.4) is 0 Å². The lowest BCUT2D eigenvalue weighted by Crippen LogP contribution is -2.14. The van der Waals surface area contributed by atoms with Gasteiger partial charge in [-0.15, -0.1) is 12.4 Å². The average Bonchev–Trinajstić information content (AvgIpc) is 2.45. The monoisotopic (exact) mass is 335 g/mol. The molecule has 0 aliphatic carbocycles. The quantitative estimate of drug-likeness (QED) is 0.847. The molecule has 0 aliphatic heterocycles. The first-order valence-electron chi connectivity index (χ1n) is 6.22. The standard InChI is InChI=1S/C15H13F4NO.ClH/c16-12-4-1-10(2-5-12)11-3-6-14(21-8-7-20)13(9-11)15(17,18)19;/h1-6,9H,7-8,20H2;1H. The minimum atomic E-state index is -4.54. The summed E-state index contributed by atoms with van der Waals surface area (Å²) < 4.78 is 57.1. The molecule has 0 saturated carbocycles. The smallest absolute Gasteiger partial charge is 0.419 e. The Kier molecular flexibility index (Phi) is 6.20. The van der Waals surface area contributed by atoms with Crippen LogP contribution in [-0.4, -0.2) is 13.2 Å². The minimum absolute atomic E-state index is 0. The first-order valence-corrected chi connectivity index (χ1v) is 6.22. The van der Waals surface area contributed by atoms with Gasteiger partial charge in [-0.2, -0.15) is 13.2 Å². The van der Waals surface area contributed by atoms with E-state index in [1.807, 2.05) is 0 Å². The van der Waals surface area contributed by atoms with E-state index in [0.717, 1.165) is 6.07 Å². The van der Waals surface area contributed by atoms with E-state index < -0.39 is 17.6 Å². The SMILES string of the molecule is Cl.NCCOc1ccc(-c2ccc(F)cc2)cc1C(F)(F)F. The predicted molar refractivity (Wildman–Crippen MR) is 78.6 cm³/mol. The molecule has 120 valence electrons. The van der Waals surface area contributed by atoms with E-state index in [1.54, 1.807) is 0 Å². The second-order valence-electron chi connectivity index (χ2n) is 4.35. The zero-order valence-electron chi connectivity index (χ0n) is 11.4. The summed E-state index contributed by atoms with van der Waals surface area (Å²) in [7, 11) is 0. The van der Waals surface area contributed by atoms with Gasteiger partial charge in [-0.1, -0.05) is 18.2 Å². The molecule has 0 bridgehead atoms. The maximum Gasteiger partial charge on any atom is 0.419 e. The molecule has 0 amide bonds. The van der Waals surface area contributed by atoms with Gasteiger partial charge in [0.05, 0.1) is 5.56 Å². The molecule has 0 saturated heterocycles. The normalized spacial score (nSPS) is 11.0. The summed E-state index contributed by atoms with van der Waals surface area (Å²) in [6.07, 6.45) is -4.54. The molecule has 0 aliphatic rings. The second kappa shape index (κ2) is 7.47. The zero-order chi connectivity index (χ0) is 15.5. The van der Waals surface area contributed by atoms with Gasteiger partial charge < -0.3 is 10.5 Å². The third-order valence-corrected chi connectivity index (χ3v) is 2.84. The van der Waals surface area contributed by atoms with Gasteiger partial charge in [0.25, 0.3) is 0 Å². The summed E-state index contributed by atoms with van der Waals surface area (Å²) in [6.45, 7) is 0.121. The van der Waals surface area contributed by atoms with Crippen molar-refractivity contribution < 1.29 is 22.3 Å². The van der Waals surface area contributed by atoms with Crippen LogP contribution in [0.1, 0.15) is 5.56 Å². The molecule has 0 radical (unpaired) electrons. The topological polar surface area (TPSA) is 35.2 Å². The van der Waals surface area contributed by atoms with Gasteiger partial charge in [0.1, 0.15) is 18.2 Å². The highest BCUT2D eigenvalue weighted by molar-refractivity contribution is 5.85. The van der Waals surface area contributed by atoms with Crippen LogP contribution in [0, 0.1) is 5.82 Å². The number of alkyl halides is 3. The largest absolute Gasteiger partial charge is 0.492 e. The number of halogens is 5. The Hall–Kier alpha value is -1.79. The maximum absolute atomic E-state index is 13.1. The molecule has 0 aromatic heterocycles. The fourth-order valence-corrected chi connectivity index (χ4v) is 1.87. The van der Waals surface area contributed by atoms with Crippen LogP contribution < -0.4 is 10.5 Å². The molecule has 0 spiro atoms. The molecule has 2 rings (SSSR count). The third-order valence-electron chi connectivity index (χ3n) is 2.84. The van der Waals surface area contributed by atoms with E-state index in [9.17, 15) is 17.6 Å². The van der Waals surface area contributed by atoms with Crippen molar-refractivity contribution in [3.63, 3.8) is 0 Å². The summed E-state index contributed by atoms with van der Waals surface area (Å²) >= 11 is 0. The van der Waals surface area contributed by atoms with Gasteiger partial charge in [-0.3, -0.25) is 0 Å². The van der Waals surface area contributed by atoms with E-state index in [1.165, 1.54) is 36.4 Å². The van der Waals surface area contributed by atoms with Crippen molar-refractivity contribution in [1.29, 1.82) is 0 Å². The summed E-state index contributed by atoms with van der Waals surface area (Å²) in [5.74, 6) is -0.712. The van der Waals surface area contributed by atoms with E-state index in [-0.39, 0.29) is 31.3 Å². The highest BCUT2D eigenvalue weighted by Gasteiger charge is 2.34. The number of benzene rings is 2. The maximum atomic E-state index is 13.1. The van der Waals surface area contributed by atoms with E-state index in [4.69, 9.17) is 10.5 Å². The summed E-state index contributed by atoms with van der Waals surface area (Å²) in [6, 6.07) is 8.96. The molecule has 0 fully saturated rings. The lowest BCUT2D eigenvalue weighted by atomic mass is 10.0. The minimum Gasteiger partial charge on any atom is -0.492 e. The molecule has 2 nitrogen and oxygen atoms in total. The highest BCUT2D eigenvalue weighted by atomic mass is 35.5. The number of hydrogen-bond acceptors (Lipinski definition) is 2. The number of nitrogens with two attached hydrogens (primary N) is 1. The van der Waals surface area contributed by atoms with Gasteiger partial charge in [0.15, 0.2) is 0 Å². The Bertz CT molecular complexity index is 614. The van der Waals surface area contributed by atoms with Crippen LogP contribution in [0.25, 0.3) is 11.1 Å². The van der Waals surface area contributed by atoms with Gasteiger partial charge in [0, 0.05) is 6.54 Å². The Morgan fingerprint density at radius 2 is 1.55 bits per heavy atom. The second-order valence-corrected chi connectivity index (χ2v) is 4.35. The van der Waals surface area contributed by atoms with Gasteiger partial charge >= 0.3 is 6.18 Å². The Balaban J connectivity index is 0.00000242. The molecule has 0 heterocycles. The van der Waals surface area contributed by atoms with Crippen molar-refractivity contribution in [2.75, 3.05) is 13.2 Å². The van der Waals surface area contributed by atoms with E-state index in [2.05, 4.69) is 0 Å². The van der Waals surface area contributed by atoms with Crippen LogP contribution in [0.15, 0.2) is 42.5 Å². The molecule has 0 atom stereocenters. The fourth-order valence-electron chi connectivity index (χ4n) is 1.87. The van der Waals surface area contributed by atoms with Crippen LogP contribution >= 0.6 is 12.4 Å². The first kappa shape index (κ1) is 18.3. The predicted octanol–water partition coefficient (Wildman–Crippen LogP) is 4.27. The number of hydrogen-bond donors (Lipinski definition) is 1. The van der Waals surface area contributed by atoms with Gasteiger partial charge in [-0.25, -0.2) is 4.39 Å². The summed E-state index contributed by atoms with van der Waals surface area (Å²) in [4.78, 5) is 0. The van der Waals surface area contributed by atoms with Crippen molar-refractivity contribution >= 4 is 12.4 Å². The molecule has 22 heavy (non-hydrogen) atoms. The number of ether oxygens (including phenoxy) is 1. The number of rotatable bonds is 4. The zero-order valence-corrected chi connectivity index (χ0v) is 12.2. The lowest BCUT2D eigenvalue weighted by molar-refractivity contribution is -0.138. The third kappa shape index (κ3) is 4.35. The van der Waals surface area contributed by atoms with Crippen molar-refractivity contribution in [2.24, 2.45) is 5.73 Å². The van der Waals surface area contributed by atoms with Crippen molar-refractivity contribution in [3.8, 4) is 16.9 Å². The molecule has 7 heteroatoms. The van der Waals surface area contributed by atoms with E-state index >= 15 is 0 Å². The Labute approximate surface area is 131 Å². The first-order chi connectivity index (χ1) is 9.91. The van der Waals surface area contributed by atoms with Crippen LogP contribution in [-0.2, 0) is 6.18 Å². The van der Waals surface area contributed by atoms with Gasteiger partial charge in [0.2, 0.25) is 0 Å². The Morgan fingerprint density at radius 1 is 0.955 bits per heavy atom. The van der Waals surface area contributed by atoms with Crippen molar-refractivity contribution in [1.82, 2.24) is 0 Å². The molecule has 0 unspecified atom stereocenters. The molecular weight excluding hydrogens is 322 g/mol. The van der Waals surface area contributed by atoms with Crippen molar-refractivity contribution in [2.45, 2.75) is 6.18 Å². The summed E-state index contributed by atoms with van der Waals surface area (Å²) in [5.41, 5.74) is 5.18. The average molecular weight is 336 g/mol. The Morgan fingerprint density at radius 3 is 2.09 bits per heavy atom. The highest BCUT2D eigenvalue weighted by Crippen LogP contribution is 2.38. The molecular formula is C15H14ClF4NO. The van der Waals surface area contributed by atoms with E-state index in [0.29, 0.717) is 11.1 Å². The van der Waals surface area contributed by atoms with Crippen LogP contribution in [0.2, 0.25) is 0 Å². The van der Waals surface area contributed by atoms with Crippen LogP contribution in [0.4, 0.5) is 17.6 Å². The lowest BCUT2D eigenvalue weighted by Gasteiger charge is -2.15. The molecule has 2 aromatic rings. The molecule has 2 N–H and O–H groups in total. The molecule has 2 aromatic carbocycles. The van der Waals surface area contributed by atoms with Crippen molar-refractivity contribution in [3.05, 3.63) is 53.8 Å². The fraction of sp³-hybridized carbons (Fsp3) is 0.200. The van der Waals surface area contributed by atoms with Crippen LogP contribution in [0.5, 0.6) is 5.75 Å². The summed E-state index contributed by atoms with van der Waals surface area (Å²) in [5, 5.41) is 0.